The van der Waals surface area contributed by atoms with Gasteiger partial charge in [0, 0.05) is 6.92 Å². The van der Waals surface area contributed by atoms with Gasteiger partial charge in [-0.1, -0.05) is 0 Å². The molecule has 0 spiro atoms. The molecule has 0 heterocycles. The van der Waals surface area contributed by atoms with Gasteiger partial charge in [0.1, 0.15) is 0 Å². The molecule has 0 aromatic rings. The Kier molecular flexibility index (Phi) is 7.55. The zero-order valence-electron chi connectivity index (χ0n) is 6.22. The summed E-state index contributed by atoms with van der Waals surface area (Å²) in [5.41, 5.74) is 0. The molecule has 0 rings (SSSR count). The number of ether oxygens (including phenoxy) is 1. The van der Waals surface area contributed by atoms with Gasteiger partial charge in [0.05, 0.1) is 6.61 Å². The van der Waals surface area contributed by atoms with E-state index in [1.54, 1.807) is 6.92 Å². The van der Waals surface area contributed by atoms with E-state index in [0.29, 0.717) is 6.61 Å². The van der Waals surface area contributed by atoms with E-state index in [0.717, 1.165) is 0 Å². The highest BCUT2D eigenvalue weighted by Crippen LogP contribution is 2.25. The van der Waals surface area contributed by atoms with Crippen molar-refractivity contribution in [1.82, 2.24) is 0 Å². The van der Waals surface area contributed by atoms with Crippen molar-refractivity contribution in [2.45, 2.75) is 13.8 Å². The zero-order valence-corrected chi connectivity index (χ0v) is 7.12. The number of rotatable bonds is 1. The first-order valence-electron chi connectivity index (χ1n) is 2.69. The fourth-order valence-corrected chi connectivity index (χ4v) is 0.203. The van der Waals surface area contributed by atoms with Crippen LogP contribution < -0.4 is 0 Å². The van der Waals surface area contributed by atoms with E-state index in [1.165, 1.54) is 6.92 Å². The monoisotopic (exact) mass is 186 g/mol. The number of hydrogen-bond acceptors (Lipinski definition) is 3. The van der Waals surface area contributed by atoms with Gasteiger partial charge in [-0.15, -0.1) is 0 Å². The van der Waals surface area contributed by atoms with Crippen LogP contribution in [0.25, 0.3) is 0 Å². The molecule has 0 amide bonds. The lowest BCUT2D eigenvalue weighted by Crippen LogP contribution is -1.95. The van der Waals surface area contributed by atoms with E-state index in [1.807, 2.05) is 0 Å². The summed E-state index contributed by atoms with van der Waals surface area (Å²) in [7, 11) is -4.64. The Bertz CT molecular complexity index is 140. The number of carbonyl (C=O) groups excluding carboxylic acids is 1. The van der Waals surface area contributed by atoms with Crippen molar-refractivity contribution in [3.8, 4) is 0 Å². The van der Waals surface area contributed by atoms with Crippen molar-refractivity contribution in [2.24, 2.45) is 0 Å². The third-order valence-corrected chi connectivity index (χ3v) is 0.348. The molecule has 0 bridgehead atoms. The second kappa shape index (κ2) is 6.30. The molecule has 11 heavy (non-hydrogen) atoms. The molecule has 0 saturated carbocycles. The molecule has 7 heteroatoms. The van der Waals surface area contributed by atoms with Crippen LogP contribution in [0, 0.1) is 0 Å². The topological polar surface area (TPSA) is 104 Å². The summed E-state index contributed by atoms with van der Waals surface area (Å²) in [6, 6.07) is 0. The van der Waals surface area contributed by atoms with Crippen molar-refractivity contribution < 1.29 is 28.8 Å². The molecule has 68 valence electrons. The summed E-state index contributed by atoms with van der Waals surface area (Å²) >= 11 is 0. The van der Waals surface area contributed by atoms with E-state index in [-0.39, 0.29) is 5.97 Å². The zero-order chi connectivity index (χ0) is 9.49. The first-order chi connectivity index (χ1) is 4.77. The van der Waals surface area contributed by atoms with Crippen molar-refractivity contribution >= 4 is 13.8 Å². The van der Waals surface area contributed by atoms with Gasteiger partial charge in [0.15, 0.2) is 0 Å². The summed E-state index contributed by atoms with van der Waals surface area (Å²) in [5, 5.41) is 0. The molecule has 6 nitrogen and oxygen atoms in total. The highest BCUT2D eigenvalue weighted by molar-refractivity contribution is 7.45. The third-order valence-electron chi connectivity index (χ3n) is 0.348. The molecule has 0 unspecified atom stereocenters. The van der Waals surface area contributed by atoms with Gasteiger partial charge < -0.3 is 19.4 Å². The maximum absolute atomic E-state index is 9.82. The van der Waals surface area contributed by atoms with Gasteiger partial charge in [-0.25, -0.2) is 4.57 Å². The Morgan fingerprint density at radius 2 is 1.73 bits per heavy atom. The third kappa shape index (κ3) is 82.7. The minimum atomic E-state index is -4.64. The normalized spacial score (nSPS) is 9.55. The Labute approximate surface area is 64.0 Å². The van der Waals surface area contributed by atoms with Crippen LogP contribution in [0.15, 0.2) is 0 Å². The Hall–Kier alpha value is -0.420. The number of esters is 1. The van der Waals surface area contributed by atoms with Gasteiger partial charge in [0.2, 0.25) is 0 Å². The van der Waals surface area contributed by atoms with Crippen LogP contribution in [-0.2, 0) is 14.1 Å². The summed E-state index contributed by atoms with van der Waals surface area (Å²) < 4.78 is 13.3. The maximum Gasteiger partial charge on any atom is 0.466 e. The second-order valence-electron chi connectivity index (χ2n) is 1.44. The molecule has 0 aliphatic heterocycles. The highest BCUT2D eigenvalue weighted by Gasteiger charge is 2.00. The molecular formula is C4H11O6P. The van der Waals surface area contributed by atoms with E-state index >= 15 is 0 Å². The Morgan fingerprint density at radius 1 is 1.45 bits per heavy atom. The predicted molar refractivity (Wildman–Crippen MR) is 36.6 cm³/mol. The minimum absolute atomic E-state index is 0.211. The SMILES string of the molecule is CCOC(C)=O.O=P(O)(O)O. The minimum Gasteiger partial charge on any atom is -0.466 e. The molecule has 0 fully saturated rings. The molecule has 3 N–H and O–H groups in total. The fraction of sp³-hybridized carbons (Fsp3) is 0.750. The number of phosphoric acid groups is 1. The van der Waals surface area contributed by atoms with Gasteiger partial charge >= 0.3 is 13.8 Å². The molecule has 0 aliphatic carbocycles. The summed E-state index contributed by atoms with van der Waals surface area (Å²) in [6.45, 7) is 3.65. The summed E-state index contributed by atoms with van der Waals surface area (Å²) in [5.74, 6) is -0.211. The maximum atomic E-state index is 9.82. The van der Waals surface area contributed by atoms with Crippen LogP contribution in [0.3, 0.4) is 0 Å². The van der Waals surface area contributed by atoms with E-state index in [2.05, 4.69) is 4.74 Å². The van der Waals surface area contributed by atoms with Crippen LogP contribution >= 0.6 is 7.82 Å². The van der Waals surface area contributed by atoms with Crippen molar-refractivity contribution in [2.75, 3.05) is 6.61 Å². The number of hydrogen-bond donors (Lipinski definition) is 3. The van der Waals surface area contributed by atoms with Crippen LogP contribution in [0.2, 0.25) is 0 Å². The molecule has 0 saturated heterocycles. The van der Waals surface area contributed by atoms with Gasteiger partial charge in [-0.05, 0) is 6.92 Å². The average Bonchev–Trinajstić information content (AvgIpc) is 1.58. The lowest BCUT2D eigenvalue weighted by Gasteiger charge is -1.89. The molecule has 0 aromatic carbocycles. The van der Waals surface area contributed by atoms with Crippen molar-refractivity contribution in [3.63, 3.8) is 0 Å². The van der Waals surface area contributed by atoms with Crippen LogP contribution in [0.4, 0.5) is 0 Å². The van der Waals surface area contributed by atoms with E-state index in [9.17, 15) is 4.79 Å². The molecule has 0 aliphatic rings. The van der Waals surface area contributed by atoms with E-state index < -0.39 is 7.82 Å². The predicted octanol–water partition coefficient (Wildman–Crippen LogP) is -0.359. The van der Waals surface area contributed by atoms with Crippen LogP contribution in [0.5, 0.6) is 0 Å². The smallest absolute Gasteiger partial charge is 0.466 e. The second-order valence-corrected chi connectivity index (χ2v) is 2.46. The lowest BCUT2D eigenvalue weighted by molar-refractivity contribution is -0.140. The van der Waals surface area contributed by atoms with E-state index in [4.69, 9.17) is 19.2 Å². The quantitative estimate of drug-likeness (QED) is 0.381. The molecule has 0 aromatic heterocycles. The van der Waals surface area contributed by atoms with Gasteiger partial charge in [-0.2, -0.15) is 0 Å². The molecule has 0 atom stereocenters. The first-order valence-corrected chi connectivity index (χ1v) is 4.25. The van der Waals surface area contributed by atoms with Crippen LogP contribution in [-0.4, -0.2) is 27.3 Å². The highest BCUT2D eigenvalue weighted by atomic mass is 31.2. The van der Waals surface area contributed by atoms with Crippen molar-refractivity contribution in [3.05, 3.63) is 0 Å². The molecule has 0 radical (unpaired) electrons. The lowest BCUT2D eigenvalue weighted by atomic mass is 10.8. The van der Waals surface area contributed by atoms with Crippen LogP contribution in [0.1, 0.15) is 13.8 Å². The first kappa shape index (κ1) is 13.2. The Balaban J connectivity index is 0. The Morgan fingerprint density at radius 3 is 1.73 bits per heavy atom. The standard InChI is InChI=1S/C4H8O2.H3O4P/c1-3-6-4(2)5;1-5(2,3)4/h3H2,1-2H3;(H3,1,2,3,4). The fourth-order valence-electron chi connectivity index (χ4n) is 0.203. The number of carbonyl (C=O) groups is 1. The molecular weight excluding hydrogens is 175 g/mol. The van der Waals surface area contributed by atoms with Crippen molar-refractivity contribution in [1.29, 1.82) is 0 Å². The van der Waals surface area contributed by atoms with Gasteiger partial charge in [0.25, 0.3) is 0 Å². The summed E-state index contributed by atoms with van der Waals surface area (Å²) in [6.07, 6.45) is 0. The van der Waals surface area contributed by atoms with Gasteiger partial charge in [-0.3, -0.25) is 4.79 Å². The summed E-state index contributed by atoms with van der Waals surface area (Å²) in [4.78, 5) is 31.4. The largest absolute Gasteiger partial charge is 0.466 e. The average molecular weight is 186 g/mol.